The highest BCUT2D eigenvalue weighted by molar-refractivity contribution is 5.43. The first-order valence-electron chi connectivity index (χ1n) is 7.58. The maximum absolute atomic E-state index is 10.5. The highest BCUT2D eigenvalue weighted by atomic mass is 16.6. The smallest absolute Gasteiger partial charge is 0.363 e. The molecule has 0 atom stereocenters. The van der Waals surface area contributed by atoms with E-state index in [2.05, 4.69) is 17.2 Å². The predicted molar refractivity (Wildman–Crippen MR) is 82.0 cm³/mol. The van der Waals surface area contributed by atoms with Gasteiger partial charge in [-0.3, -0.25) is 0 Å². The van der Waals surface area contributed by atoms with Crippen molar-refractivity contribution >= 4 is 11.5 Å². The van der Waals surface area contributed by atoms with E-state index in [1.807, 2.05) is 0 Å². The fourth-order valence-electron chi connectivity index (χ4n) is 2.09. The molecule has 0 bridgehead atoms. The molecular weight excluding hydrogens is 254 g/mol. The second kappa shape index (κ2) is 10.2. The lowest BCUT2D eigenvalue weighted by atomic mass is 10.1. The van der Waals surface area contributed by atoms with Gasteiger partial charge in [0.05, 0.1) is 5.69 Å². The number of anilines is 1. The summed E-state index contributed by atoms with van der Waals surface area (Å²) < 4.78 is 0. The summed E-state index contributed by atoms with van der Waals surface area (Å²) >= 11 is 0. The zero-order valence-corrected chi connectivity index (χ0v) is 12.3. The van der Waals surface area contributed by atoms with Crippen molar-refractivity contribution in [1.82, 2.24) is 4.98 Å². The largest absolute Gasteiger partial charge is 0.382 e. The van der Waals surface area contributed by atoms with Crippen LogP contribution in [0.25, 0.3) is 0 Å². The molecule has 0 radical (unpaired) electrons. The summed E-state index contributed by atoms with van der Waals surface area (Å²) in [7, 11) is 0. The van der Waals surface area contributed by atoms with Crippen LogP contribution in [0.3, 0.4) is 0 Å². The maximum atomic E-state index is 10.5. The van der Waals surface area contributed by atoms with Crippen molar-refractivity contribution in [3.63, 3.8) is 0 Å². The molecule has 0 saturated heterocycles. The number of unbranched alkanes of at least 4 members (excludes halogenated alkanes) is 7. The van der Waals surface area contributed by atoms with E-state index >= 15 is 0 Å². The minimum Gasteiger partial charge on any atom is -0.382 e. The van der Waals surface area contributed by atoms with Crippen molar-refractivity contribution in [2.75, 3.05) is 11.9 Å². The fraction of sp³-hybridized carbons (Fsp3) is 0.667. The first-order valence-corrected chi connectivity index (χ1v) is 7.58. The van der Waals surface area contributed by atoms with E-state index in [1.165, 1.54) is 57.2 Å². The van der Waals surface area contributed by atoms with Crippen LogP contribution in [0.2, 0.25) is 0 Å². The third-order valence-electron chi connectivity index (χ3n) is 3.29. The number of pyridine rings is 1. The Hall–Kier alpha value is -1.65. The number of rotatable bonds is 11. The van der Waals surface area contributed by atoms with Crippen molar-refractivity contribution in [2.45, 2.75) is 58.3 Å². The Kier molecular flexibility index (Phi) is 8.35. The molecule has 1 heterocycles. The van der Waals surface area contributed by atoms with E-state index in [0.29, 0.717) is 0 Å². The monoisotopic (exact) mass is 279 g/mol. The van der Waals surface area contributed by atoms with Crippen LogP contribution >= 0.6 is 0 Å². The van der Waals surface area contributed by atoms with Gasteiger partial charge in [0.15, 0.2) is 6.20 Å². The van der Waals surface area contributed by atoms with Crippen molar-refractivity contribution in [2.24, 2.45) is 0 Å². The molecule has 0 unspecified atom stereocenters. The lowest BCUT2D eigenvalue weighted by molar-refractivity contribution is -0.389. The summed E-state index contributed by atoms with van der Waals surface area (Å²) in [6, 6.07) is 3.13. The molecule has 0 spiro atoms. The van der Waals surface area contributed by atoms with Crippen LogP contribution in [-0.4, -0.2) is 16.5 Å². The maximum Gasteiger partial charge on any atom is 0.363 e. The van der Waals surface area contributed by atoms with E-state index in [9.17, 15) is 10.1 Å². The normalized spacial score (nSPS) is 10.4. The van der Waals surface area contributed by atoms with Crippen LogP contribution in [0.15, 0.2) is 18.3 Å². The van der Waals surface area contributed by atoms with Gasteiger partial charge in [-0.2, -0.15) is 0 Å². The number of hydrogen-bond acceptors (Lipinski definition) is 4. The minimum atomic E-state index is -0.484. The zero-order chi connectivity index (χ0) is 14.6. The molecule has 0 aliphatic carbocycles. The van der Waals surface area contributed by atoms with Crippen molar-refractivity contribution in [3.8, 4) is 0 Å². The van der Waals surface area contributed by atoms with E-state index in [-0.39, 0.29) is 5.82 Å². The quantitative estimate of drug-likeness (QED) is 0.367. The van der Waals surface area contributed by atoms with Gasteiger partial charge >= 0.3 is 5.82 Å². The summed E-state index contributed by atoms with van der Waals surface area (Å²) in [6.45, 7) is 3.13. The van der Waals surface area contributed by atoms with Gasteiger partial charge < -0.3 is 15.4 Å². The second-order valence-corrected chi connectivity index (χ2v) is 5.06. The standard InChI is InChI=1S/C15H25N3O2/c1-2-3-4-5-6-7-8-9-12-16-14-10-11-15(17-13-14)18(19)20/h10-11,13,16H,2-9,12H2,1H3. The topological polar surface area (TPSA) is 68.1 Å². The summed E-state index contributed by atoms with van der Waals surface area (Å²) in [4.78, 5) is 13.8. The molecule has 1 N–H and O–H groups in total. The molecule has 0 aliphatic heterocycles. The molecule has 0 aliphatic rings. The molecular formula is C15H25N3O2. The van der Waals surface area contributed by atoms with Gasteiger partial charge in [0.2, 0.25) is 0 Å². The molecule has 1 aromatic heterocycles. The van der Waals surface area contributed by atoms with E-state index < -0.39 is 4.92 Å². The number of nitrogens with zero attached hydrogens (tertiary/aromatic N) is 2. The highest BCUT2D eigenvalue weighted by Crippen LogP contribution is 2.12. The molecule has 1 aromatic rings. The van der Waals surface area contributed by atoms with Crippen LogP contribution in [-0.2, 0) is 0 Å². The fourth-order valence-corrected chi connectivity index (χ4v) is 2.09. The highest BCUT2D eigenvalue weighted by Gasteiger charge is 2.05. The summed E-state index contributed by atoms with van der Waals surface area (Å²) in [5, 5.41) is 13.7. The van der Waals surface area contributed by atoms with Gasteiger partial charge in [0.25, 0.3) is 0 Å². The third-order valence-corrected chi connectivity index (χ3v) is 3.29. The number of aromatic nitrogens is 1. The lowest BCUT2D eigenvalue weighted by Gasteiger charge is -2.04. The van der Waals surface area contributed by atoms with E-state index in [1.54, 1.807) is 6.07 Å². The predicted octanol–water partition coefficient (Wildman–Crippen LogP) is 4.54. The molecule has 20 heavy (non-hydrogen) atoms. The van der Waals surface area contributed by atoms with Crippen LogP contribution < -0.4 is 5.32 Å². The Labute approximate surface area is 121 Å². The molecule has 112 valence electrons. The Bertz CT molecular complexity index is 379. The zero-order valence-electron chi connectivity index (χ0n) is 12.3. The van der Waals surface area contributed by atoms with Crippen LogP contribution in [0, 0.1) is 10.1 Å². The van der Waals surface area contributed by atoms with Gasteiger partial charge in [-0.05, 0) is 22.4 Å². The van der Waals surface area contributed by atoms with Gasteiger partial charge in [0.1, 0.15) is 0 Å². The number of nitro groups is 1. The first-order chi connectivity index (χ1) is 9.74. The van der Waals surface area contributed by atoms with E-state index in [4.69, 9.17) is 0 Å². The average molecular weight is 279 g/mol. The first kappa shape index (κ1) is 16.4. The summed E-state index contributed by atoms with van der Waals surface area (Å²) in [5.41, 5.74) is 0.846. The van der Waals surface area contributed by atoms with Crippen LogP contribution in [0.1, 0.15) is 58.3 Å². The Morgan fingerprint density at radius 3 is 2.30 bits per heavy atom. The van der Waals surface area contributed by atoms with Crippen molar-refractivity contribution < 1.29 is 4.92 Å². The number of nitrogens with one attached hydrogen (secondary N) is 1. The Morgan fingerprint density at radius 1 is 1.10 bits per heavy atom. The van der Waals surface area contributed by atoms with Gasteiger partial charge in [-0.25, -0.2) is 0 Å². The molecule has 0 aromatic carbocycles. The minimum absolute atomic E-state index is 0.109. The average Bonchev–Trinajstić information content (AvgIpc) is 2.46. The van der Waals surface area contributed by atoms with Crippen LogP contribution in [0.5, 0.6) is 0 Å². The molecule has 1 rings (SSSR count). The van der Waals surface area contributed by atoms with Crippen molar-refractivity contribution in [3.05, 3.63) is 28.4 Å². The molecule has 5 heteroatoms. The van der Waals surface area contributed by atoms with E-state index in [0.717, 1.165) is 18.7 Å². The molecule has 0 amide bonds. The Balaban J connectivity index is 2.02. The lowest BCUT2D eigenvalue weighted by Crippen LogP contribution is -2.02. The van der Waals surface area contributed by atoms with Gasteiger partial charge in [-0.1, -0.05) is 51.9 Å². The summed E-state index contributed by atoms with van der Waals surface area (Å²) in [6.07, 6.45) is 11.9. The van der Waals surface area contributed by atoms with Crippen molar-refractivity contribution in [1.29, 1.82) is 0 Å². The third kappa shape index (κ3) is 7.07. The summed E-state index contributed by atoms with van der Waals surface area (Å²) in [5.74, 6) is -0.109. The molecule has 0 fully saturated rings. The molecule has 5 nitrogen and oxygen atoms in total. The SMILES string of the molecule is CCCCCCCCCCNc1ccc([N+](=O)[O-])nc1. The molecule has 0 saturated carbocycles. The second-order valence-electron chi connectivity index (χ2n) is 5.06. The van der Waals surface area contributed by atoms with Crippen LogP contribution in [0.4, 0.5) is 11.5 Å². The van der Waals surface area contributed by atoms with Gasteiger partial charge in [-0.15, -0.1) is 0 Å². The number of hydrogen-bond donors (Lipinski definition) is 1. The van der Waals surface area contributed by atoms with Gasteiger partial charge in [0, 0.05) is 12.6 Å². The Morgan fingerprint density at radius 2 is 1.75 bits per heavy atom.